The van der Waals surface area contributed by atoms with Crippen LogP contribution < -0.4 is 10.0 Å². The van der Waals surface area contributed by atoms with Crippen LogP contribution in [0, 0.1) is 5.92 Å². The topological polar surface area (TPSA) is 121 Å². The van der Waals surface area contributed by atoms with Gasteiger partial charge in [0.25, 0.3) is 5.91 Å². The van der Waals surface area contributed by atoms with Gasteiger partial charge in [-0.05, 0) is 47.0 Å². The average molecular weight is 559 g/mol. The van der Waals surface area contributed by atoms with Crippen molar-refractivity contribution in [3.63, 3.8) is 0 Å². The molecule has 0 bridgehead atoms. The van der Waals surface area contributed by atoms with Gasteiger partial charge >= 0.3 is 0 Å². The summed E-state index contributed by atoms with van der Waals surface area (Å²) in [6.07, 6.45) is 8.03. The minimum atomic E-state index is -3.82. The molecule has 4 rings (SSSR count). The molecule has 0 aliphatic heterocycles. The number of pyridine rings is 1. The summed E-state index contributed by atoms with van der Waals surface area (Å²) < 4.78 is 29.2. The molecule has 10 heteroatoms. The van der Waals surface area contributed by atoms with Gasteiger partial charge < -0.3 is 10.4 Å². The SMILES string of the molecule is CC(C)(O)CNC(=O)c1nc(CC2CCCCC2)c(-c2ncc(S(=O)(=O)NC(C)(C)C)c3ccccc23)s1. The predicted molar refractivity (Wildman–Crippen MR) is 152 cm³/mol. The van der Waals surface area contributed by atoms with E-state index in [0.29, 0.717) is 27.4 Å². The van der Waals surface area contributed by atoms with Crippen LogP contribution in [0.5, 0.6) is 0 Å². The van der Waals surface area contributed by atoms with Crippen LogP contribution in [-0.2, 0) is 16.4 Å². The summed E-state index contributed by atoms with van der Waals surface area (Å²) in [7, 11) is -3.82. The summed E-state index contributed by atoms with van der Waals surface area (Å²) in [4.78, 5) is 23.3. The van der Waals surface area contributed by atoms with Crippen molar-refractivity contribution in [3.05, 3.63) is 41.2 Å². The molecule has 1 fully saturated rings. The van der Waals surface area contributed by atoms with Gasteiger partial charge in [0.2, 0.25) is 10.0 Å². The van der Waals surface area contributed by atoms with Crippen LogP contribution in [0.2, 0.25) is 0 Å². The van der Waals surface area contributed by atoms with E-state index in [2.05, 4.69) is 15.0 Å². The van der Waals surface area contributed by atoms with Crippen molar-refractivity contribution in [1.29, 1.82) is 0 Å². The standard InChI is InChI=1S/C28H38N4O4S2/c1-27(2,3)32-38(35,36)22-16-29-23(20-14-10-9-13-19(20)22)24-21(15-18-11-7-6-8-12-18)31-26(37-24)25(33)30-17-28(4,5)34/h9-10,13-14,16,18,32,34H,6-8,11-12,15,17H2,1-5H3,(H,30,33). The number of carbonyl (C=O) groups excluding carboxylic acids is 1. The van der Waals surface area contributed by atoms with Gasteiger partial charge in [-0.2, -0.15) is 0 Å². The summed E-state index contributed by atoms with van der Waals surface area (Å²) in [5, 5.41) is 14.4. The third kappa shape index (κ3) is 6.97. The Morgan fingerprint density at radius 1 is 1.08 bits per heavy atom. The van der Waals surface area contributed by atoms with Crippen LogP contribution in [0.15, 0.2) is 35.4 Å². The maximum atomic E-state index is 13.3. The first-order valence-electron chi connectivity index (χ1n) is 13.2. The monoisotopic (exact) mass is 558 g/mol. The summed E-state index contributed by atoms with van der Waals surface area (Å²) in [5.41, 5.74) is -0.244. The fraction of sp³-hybridized carbons (Fsp3) is 0.536. The number of benzene rings is 1. The molecule has 0 radical (unpaired) electrons. The average Bonchev–Trinajstić information content (AvgIpc) is 3.24. The first-order chi connectivity index (χ1) is 17.7. The van der Waals surface area contributed by atoms with Crippen LogP contribution in [0.4, 0.5) is 0 Å². The van der Waals surface area contributed by atoms with Gasteiger partial charge in [0, 0.05) is 29.1 Å². The molecule has 3 N–H and O–H groups in total. The number of thiazole rings is 1. The minimum Gasteiger partial charge on any atom is -0.389 e. The maximum Gasteiger partial charge on any atom is 0.280 e. The van der Waals surface area contributed by atoms with E-state index in [9.17, 15) is 18.3 Å². The highest BCUT2D eigenvalue weighted by Gasteiger charge is 2.28. The fourth-order valence-electron chi connectivity index (χ4n) is 4.83. The van der Waals surface area contributed by atoms with E-state index in [-0.39, 0.29) is 17.3 Å². The van der Waals surface area contributed by atoms with E-state index >= 15 is 0 Å². The van der Waals surface area contributed by atoms with E-state index in [1.807, 2.05) is 18.2 Å². The number of amides is 1. The predicted octanol–water partition coefficient (Wildman–Crippen LogP) is 5.06. The molecule has 1 aliphatic rings. The van der Waals surface area contributed by atoms with Gasteiger partial charge in [-0.25, -0.2) is 18.1 Å². The van der Waals surface area contributed by atoms with Crippen molar-refractivity contribution in [2.45, 2.75) is 89.2 Å². The van der Waals surface area contributed by atoms with Crippen LogP contribution in [0.3, 0.4) is 0 Å². The quantitative estimate of drug-likeness (QED) is 0.355. The summed E-state index contributed by atoms with van der Waals surface area (Å²) >= 11 is 1.27. The molecule has 1 aliphatic carbocycles. The molecule has 1 aromatic carbocycles. The lowest BCUT2D eigenvalue weighted by atomic mass is 9.86. The Morgan fingerprint density at radius 2 is 1.74 bits per heavy atom. The van der Waals surface area contributed by atoms with Gasteiger partial charge in [0.15, 0.2) is 5.01 Å². The van der Waals surface area contributed by atoms with E-state index < -0.39 is 21.2 Å². The number of nitrogens with zero attached hydrogens (tertiary/aromatic N) is 2. The molecule has 2 aromatic heterocycles. The normalized spacial score (nSPS) is 15.6. The smallest absolute Gasteiger partial charge is 0.280 e. The van der Waals surface area contributed by atoms with Crippen LogP contribution in [0.25, 0.3) is 21.3 Å². The van der Waals surface area contributed by atoms with Crippen LogP contribution in [0.1, 0.15) is 82.2 Å². The molecule has 0 saturated heterocycles. The van der Waals surface area contributed by atoms with Gasteiger partial charge in [0.1, 0.15) is 4.90 Å². The number of nitrogens with one attached hydrogen (secondary N) is 2. The number of sulfonamides is 1. The Hall–Kier alpha value is -2.40. The summed E-state index contributed by atoms with van der Waals surface area (Å²) in [5.74, 6) is 0.143. The second-order valence-corrected chi connectivity index (χ2v) is 14.5. The van der Waals surface area contributed by atoms with Gasteiger partial charge in [-0.3, -0.25) is 9.78 Å². The molecule has 206 valence electrons. The van der Waals surface area contributed by atoms with Crippen molar-refractivity contribution in [2.24, 2.45) is 5.92 Å². The number of aromatic nitrogens is 2. The van der Waals surface area contributed by atoms with Crippen LogP contribution >= 0.6 is 11.3 Å². The maximum absolute atomic E-state index is 13.3. The van der Waals surface area contributed by atoms with Crippen molar-refractivity contribution in [1.82, 2.24) is 20.0 Å². The lowest BCUT2D eigenvalue weighted by molar-refractivity contribution is 0.0694. The molecule has 1 amide bonds. The first-order valence-corrected chi connectivity index (χ1v) is 15.5. The van der Waals surface area contributed by atoms with Gasteiger partial charge in [-0.15, -0.1) is 11.3 Å². The van der Waals surface area contributed by atoms with Crippen molar-refractivity contribution in [3.8, 4) is 10.6 Å². The lowest BCUT2D eigenvalue weighted by Crippen LogP contribution is -2.40. The highest BCUT2D eigenvalue weighted by molar-refractivity contribution is 7.89. The molecule has 0 atom stereocenters. The van der Waals surface area contributed by atoms with Crippen LogP contribution in [-0.4, -0.2) is 47.1 Å². The fourth-order valence-corrected chi connectivity index (χ4v) is 7.42. The molecule has 3 aromatic rings. The lowest BCUT2D eigenvalue weighted by Gasteiger charge is -2.22. The Bertz CT molecular complexity index is 1410. The number of carbonyl (C=O) groups is 1. The number of rotatable bonds is 8. The Morgan fingerprint density at radius 3 is 2.37 bits per heavy atom. The summed E-state index contributed by atoms with van der Waals surface area (Å²) in [6.45, 7) is 8.77. The van der Waals surface area contributed by atoms with Gasteiger partial charge in [-0.1, -0.05) is 56.4 Å². The highest BCUT2D eigenvalue weighted by atomic mass is 32.2. The van der Waals surface area contributed by atoms with E-state index in [4.69, 9.17) is 4.98 Å². The number of fused-ring (bicyclic) bond motifs is 1. The third-order valence-electron chi connectivity index (χ3n) is 6.48. The molecular weight excluding hydrogens is 520 g/mol. The zero-order valence-electron chi connectivity index (χ0n) is 22.8. The zero-order valence-corrected chi connectivity index (χ0v) is 24.4. The third-order valence-corrected chi connectivity index (χ3v) is 9.37. The molecular formula is C28H38N4O4S2. The molecule has 1 saturated carbocycles. The highest BCUT2D eigenvalue weighted by Crippen LogP contribution is 2.38. The van der Waals surface area contributed by atoms with Crippen molar-refractivity contribution >= 4 is 38.0 Å². The van der Waals surface area contributed by atoms with Crippen molar-refractivity contribution in [2.75, 3.05) is 6.54 Å². The second-order valence-electron chi connectivity index (χ2n) is 11.9. The Kier molecular flexibility index (Phi) is 8.28. The Balaban J connectivity index is 1.81. The molecule has 38 heavy (non-hydrogen) atoms. The second kappa shape index (κ2) is 11.0. The molecule has 2 heterocycles. The van der Waals surface area contributed by atoms with E-state index in [0.717, 1.165) is 29.8 Å². The van der Waals surface area contributed by atoms with Gasteiger partial charge in [0.05, 0.1) is 21.9 Å². The molecule has 0 spiro atoms. The Labute approximate surface area is 229 Å². The minimum absolute atomic E-state index is 0.104. The van der Waals surface area contributed by atoms with E-state index in [1.165, 1.54) is 36.8 Å². The number of hydrogen-bond acceptors (Lipinski definition) is 7. The first kappa shape index (κ1) is 28.6. The zero-order chi connectivity index (χ0) is 27.7. The number of hydrogen-bond donors (Lipinski definition) is 3. The molecule has 8 nitrogen and oxygen atoms in total. The largest absolute Gasteiger partial charge is 0.389 e. The summed E-state index contributed by atoms with van der Waals surface area (Å²) in [6, 6.07) is 7.33. The van der Waals surface area contributed by atoms with Crippen molar-refractivity contribution < 1.29 is 18.3 Å². The van der Waals surface area contributed by atoms with E-state index in [1.54, 1.807) is 40.7 Å². The molecule has 0 unspecified atom stereocenters. The number of aliphatic hydroxyl groups is 1.